The van der Waals surface area contributed by atoms with Crippen LogP contribution in [0.4, 0.5) is 5.69 Å². The summed E-state index contributed by atoms with van der Waals surface area (Å²) in [5.74, 6) is 4.96. The molecule has 0 aliphatic heterocycles. The molecule has 2 aromatic rings. The Labute approximate surface area is 97.8 Å². The molecule has 6 nitrogen and oxygen atoms in total. The number of hydrogen-bond donors (Lipinski definition) is 3. The first kappa shape index (κ1) is 11.2. The van der Waals surface area contributed by atoms with Gasteiger partial charge in [0.25, 0.3) is 5.91 Å². The molecule has 2 heterocycles. The molecule has 0 spiro atoms. The summed E-state index contributed by atoms with van der Waals surface area (Å²) in [7, 11) is 0. The Balaban J connectivity index is 1.95. The van der Waals surface area contributed by atoms with Crippen LogP contribution in [-0.2, 0) is 6.54 Å². The Morgan fingerprint density at radius 2 is 2.29 bits per heavy atom. The lowest BCUT2D eigenvalue weighted by Gasteiger charge is -2.03. The normalized spacial score (nSPS) is 9.94. The van der Waals surface area contributed by atoms with Gasteiger partial charge in [0.05, 0.1) is 24.4 Å². The molecule has 0 aliphatic carbocycles. The van der Waals surface area contributed by atoms with Crippen molar-refractivity contribution >= 4 is 11.6 Å². The number of anilines is 1. The average Bonchev–Trinajstić information content (AvgIpc) is 2.89. The van der Waals surface area contributed by atoms with Gasteiger partial charge in [0, 0.05) is 12.1 Å². The molecule has 0 bridgehead atoms. The number of carbonyl (C=O) groups is 1. The number of amides is 1. The van der Waals surface area contributed by atoms with Crippen LogP contribution in [0, 0.1) is 0 Å². The van der Waals surface area contributed by atoms with Crippen molar-refractivity contribution in [3.63, 3.8) is 0 Å². The summed E-state index contributed by atoms with van der Waals surface area (Å²) >= 11 is 0. The fraction of sp³-hybridized carbons (Fsp3) is 0.0909. The van der Waals surface area contributed by atoms with E-state index in [9.17, 15) is 4.79 Å². The van der Waals surface area contributed by atoms with Gasteiger partial charge in [-0.05, 0) is 18.2 Å². The number of rotatable bonds is 4. The molecule has 0 saturated heterocycles. The molecule has 0 saturated carbocycles. The highest BCUT2D eigenvalue weighted by Gasteiger charge is 2.06. The second-order valence-corrected chi connectivity index (χ2v) is 3.39. The third kappa shape index (κ3) is 2.82. The number of pyridine rings is 1. The van der Waals surface area contributed by atoms with Crippen LogP contribution in [0.25, 0.3) is 0 Å². The average molecular weight is 232 g/mol. The van der Waals surface area contributed by atoms with Crippen molar-refractivity contribution in [1.29, 1.82) is 0 Å². The molecule has 0 aromatic carbocycles. The minimum atomic E-state index is -0.241. The number of nitrogens with one attached hydrogen (secondary N) is 2. The molecule has 4 N–H and O–H groups in total. The van der Waals surface area contributed by atoms with E-state index >= 15 is 0 Å². The summed E-state index contributed by atoms with van der Waals surface area (Å²) in [6, 6.07) is 5.06. The monoisotopic (exact) mass is 232 g/mol. The van der Waals surface area contributed by atoms with Crippen molar-refractivity contribution in [2.45, 2.75) is 6.54 Å². The maximum Gasteiger partial charge on any atom is 0.270 e. The number of nitrogens with zero attached hydrogens (tertiary/aromatic N) is 1. The molecule has 88 valence electrons. The highest BCUT2D eigenvalue weighted by Crippen LogP contribution is 2.04. The topological polar surface area (TPSA) is 93.2 Å². The summed E-state index contributed by atoms with van der Waals surface area (Å²) in [6.45, 7) is 0.411. The van der Waals surface area contributed by atoms with Crippen LogP contribution in [0.15, 0.2) is 41.3 Å². The maximum absolute atomic E-state index is 11.7. The summed E-state index contributed by atoms with van der Waals surface area (Å²) in [5, 5.41) is 2.73. The van der Waals surface area contributed by atoms with E-state index in [-0.39, 0.29) is 5.91 Å². The minimum absolute atomic E-state index is 0.241. The van der Waals surface area contributed by atoms with Gasteiger partial charge in [-0.15, -0.1) is 0 Å². The molecule has 0 radical (unpaired) electrons. The van der Waals surface area contributed by atoms with Gasteiger partial charge < -0.3 is 15.2 Å². The van der Waals surface area contributed by atoms with Gasteiger partial charge in [-0.1, -0.05) is 0 Å². The molecule has 6 heteroatoms. The lowest BCUT2D eigenvalue weighted by molar-refractivity contribution is 0.0946. The van der Waals surface area contributed by atoms with Crippen LogP contribution in [0.5, 0.6) is 0 Å². The number of furan rings is 1. The summed E-state index contributed by atoms with van der Waals surface area (Å²) in [4.78, 5) is 15.7. The van der Waals surface area contributed by atoms with E-state index in [1.165, 1.54) is 6.20 Å². The van der Waals surface area contributed by atoms with Crippen molar-refractivity contribution in [2.75, 3.05) is 5.43 Å². The number of nitrogen functional groups attached to an aromatic ring is 1. The van der Waals surface area contributed by atoms with E-state index in [2.05, 4.69) is 15.7 Å². The standard InChI is InChI=1S/C11H12N4O2/c12-15-9-1-2-10(13-6-9)11(16)14-5-8-3-4-17-7-8/h1-4,6-7,15H,5,12H2,(H,14,16). The van der Waals surface area contributed by atoms with Gasteiger partial charge in [-0.2, -0.15) is 0 Å². The van der Waals surface area contributed by atoms with Gasteiger partial charge in [0.15, 0.2) is 0 Å². The predicted molar refractivity (Wildman–Crippen MR) is 61.9 cm³/mol. The number of aromatic nitrogens is 1. The maximum atomic E-state index is 11.7. The first-order valence-corrected chi connectivity index (χ1v) is 5.01. The molecule has 0 atom stereocenters. The zero-order chi connectivity index (χ0) is 12.1. The second kappa shape index (κ2) is 5.13. The van der Waals surface area contributed by atoms with Crippen molar-refractivity contribution in [3.05, 3.63) is 48.2 Å². The number of nitrogens with two attached hydrogens (primary N) is 1. The zero-order valence-corrected chi connectivity index (χ0v) is 9.01. The lowest BCUT2D eigenvalue weighted by atomic mass is 10.3. The summed E-state index contributed by atoms with van der Waals surface area (Å²) < 4.78 is 4.89. The Morgan fingerprint density at radius 3 is 2.88 bits per heavy atom. The highest BCUT2D eigenvalue weighted by atomic mass is 16.3. The smallest absolute Gasteiger partial charge is 0.270 e. The molecule has 17 heavy (non-hydrogen) atoms. The predicted octanol–water partition coefficient (Wildman–Crippen LogP) is 0.890. The molecule has 0 unspecified atom stereocenters. The molecule has 0 fully saturated rings. The first-order valence-electron chi connectivity index (χ1n) is 5.01. The van der Waals surface area contributed by atoms with Crippen LogP contribution in [0.2, 0.25) is 0 Å². The molecule has 1 amide bonds. The summed E-state index contributed by atoms with van der Waals surface area (Å²) in [5.41, 5.74) is 4.33. The number of hydrazine groups is 1. The van der Waals surface area contributed by atoms with Crippen LogP contribution >= 0.6 is 0 Å². The third-order valence-corrected chi connectivity index (χ3v) is 2.20. The molecular weight excluding hydrogens is 220 g/mol. The van der Waals surface area contributed by atoms with Crippen LogP contribution < -0.4 is 16.6 Å². The molecule has 0 aliphatic rings. The van der Waals surface area contributed by atoms with E-state index < -0.39 is 0 Å². The van der Waals surface area contributed by atoms with E-state index in [1.807, 2.05) is 0 Å². The molecule has 2 aromatic heterocycles. The van der Waals surface area contributed by atoms with Crippen LogP contribution in [0.3, 0.4) is 0 Å². The fourth-order valence-corrected chi connectivity index (χ4v) is 1.28. The van der Waals surface area contributed by atoms with Gasteiger partial charge in [0.2, 0.25) is 0 Å². The van der Waals surface area contributed by atoms with Crippen molar-refractivity contribution in [2.24, 2.45) is 5.84 Å². The quantitative estimate of drug-likeness (QED) is 0.537. The van der Waals surface area contributed by atoms with Gasteiger partial charge in [0.1, 0.15) is 5.69 Å². The second-order valence-electron chi connectivity index (χ2n) is 3.39. The third-order valence-electron chi connectivity index (χ3n) is 2.20. The van der Waals surface area contributed by atoms with Crippen LogP contribution in [0.1, 0.15) is 16.1 Å². The highest BCUT2D eigenvalue weighted by molar-refractivity contribution is 5.92. The minimum Gasteiger partial charge on any atom is -0.472 e. The molecule has 2 rings (SSSR count). The first-order chi connectivity index (χ1) is 8.29. The van der Waals surface area contributed by atoms with Crippen molar-refractivity contribution in [3.8, 4) is 0 Å². The Morgan fingerprint density at radius 1 is 1.41 bits per heavy atom. The van der Waals surface area contributed by atoms with E-state index in [1.54, 1.807) is 30.7 Å². The van der Waals surface area contributed by atoms with Gasteiger partial charge >= 0.3 is 0 Å². The van der Waals surface area contributed by atoms with E-state index in [4.69, 9.17) is 10.3 Å². The zero-order valence-electron chi connectivity index (χ0n) is 9.01. The Hall–Kier alpha value is -2.34. The van der Waals surface area contributed by atoms with E-state index in [0.29, 0.717) is 17.9 Å². The Bertz CT molecular complexity index is 479. The Kier molecular flexibility index (Phi) is 3.37. The largest absolute Gasteiger partial charge is 0.472 e. The van der Waals surface area contributed by atoms with E-state index in [0.717, 1.165) is 5.56 Å². The number of hydrogen-bond acceptors (Lipinski definition) is 5. The van der Waals surface area contributed by atoms with Crippen molar-refractivity contribution in [1.82, 2.24) is 10.3 Å². The summed E-state index contributed by atoms with van der Waals surface area (Å²) in [6.07, 6.45) is 4.63. The SMILES string of the molecule is NNc1ccc(C(=O)NCc2ccoc2)nc1. The molecular formula is C11H12N4O2. The number of carbonyl (C=O) groups excluding carboxylic acids is 1. The van der Waals surface area contributed by atoms with Crippen molar-refractivity contribution < 1.29 is 9.21 Å². The van der Waals surface area contributed by atoms with Crippen LogP contribution in [-0.4, -0.2) is 10.9 Å². The lowest BCUT2D eigenvalue weighted by Crippen LogP contribution is -2.23. The fourth-order valence-electron chi connectivity index (χ4n) is 1.28. The van der Waals surface area contributed by atoms with Gasteiger partial charge in [-0.3, -0.25) is 10.6 Å². The van der Waals surface area contributed by atoms with Gasteiger partial charge in [-0.25, -0.2) is 4.98 Å².